The summed E-state index contributed by atoms with van der Waals surface area (Å²) in [5.74, 6) is -1.50. The van der Waals surface area contributed by atoms with Crippen LogP contribution in [0.4, 0.5) is 0 Å². The third kappa shape index (κ3) is 4.73. The fraction of sp³-hybridized carbons (Fsp3) is 0.833. The fourth-order valence-corrected chi connectivity index (χ4v) is 1.92. The summed E-state index contributed by atoms with van der Waals surface area (Å²) in [4.78, 5) is 22.5. The van der Waals surface area contributed by atoms with Gasteiger partial charge in [-0.1, -0.05) is 13.8 Å². The molecule has 0 aromatic carbocycles. The molecule has 17 heavy (non-hydrogen) atoms. The van der Waals surface area contributed by atoms with E-state index in [4.69, 9.17) is 9.84 Å². The molecule has 5 nitrogen and oxygen atoms in total. The number of ether oxygens (including phenoxy) is 1. The van der Waals surface area contributed by atoms with Gasteiger partial charge in [0, 0.05) is 13.2 Å². The second kappa shape index (κ2) is 6.59. The summed E-state index contributed by atoms with van der Waals surface area (Å²) < 4.78 is 5.35. The zero-order valence-corrected chi connectivity index (χ0v) is 10.4. The minimum Gasteiger partial charge on any atom is -0.481 e. The molecule has 1 saturated heterocycles. The summed E-state index contributed by atoms with van der Waals surface area (Å²) in [5.41, 5.74) is 0. The molecule has 0 aliphatic carbocycles. The highest BCUT2D eigenvalue weighted by Gasteiger charge is 2.23. The fourth-order valence-electron chi connectivity index (χ4n) is 1.92. The predicted molar refractivity (Wildman–Crippen MR) is 62.6 cm³/mol. The van der Waals surface area contributed by atoms with Gasteiger partial charge in [0.1, 0.15) is 0 Å². The number of nitrogens with one attached hydrogen (secondary N) is 1. The van der Waals surface area contributed by atoms with E-state index in [1.807, 2.05) is 13.8 Å². The number of carboxylic acids is 1. The van der Waals surface area contributed by atoms with E-state index in [2.05, 4.69) is 5.32 Å². The van der Waals surface area contributed by atoms with Crippen LogP contribution < -0.4 is 5.32 Å². The lowest BCUT2D eigenvalue weighted by atomic mass is 9.96. The Morgan fingerprint density at radius 1 is 1.47 bits per heavy atom. The average molecular weight is 243 g/mol. The molecule has 0 radical (unpaired) electrons. The molecular formula is C12H21NO4. The maximum absolute atomic E-state index is 11.6. The molecule has 1 fully saturated rings. The molecule has 1 aliphatic heterocycles. The number of amides is 1. The van der Waals surface area contributed by atoms with Crippen molar-refractivity contribution >= 4 is 11.9 Å². The summed E-state index contributed by atoms with van der Waals surface area (Å²) in [6.07, 6.45) is 2.27. The van der Waals surface area contributed by atoms with Crippen LogP contribution in [0.25, 0.3) is 0 Å². The minimum atomic E-state index is -0.864. The van der Waals surface area contributed by atoms with Crippen molar-refractivity contribution in [1.82, 2.24) is 5.32 Å². The van der Waals surface area contributed by atoms with Crippen LogP contribution in [0.15, 0.2) is 0 Å². The number of carboxylic acid groups (broad SMARTS) is 1. The van der Waals surface area contributed by atoms with Crippen LogP contribution in [0.1, 0.15) is 33.1 Å². The van der Waals surface area contributed by atoms with Gasteiger partial charge in [0.05, 0.1) is 18.4 Å². The van der Waals surface area contributed by atoms with E-state index in [9.17, 15) is 9.59 Å². The maximum Gasteiger partial charge on any atom is 0.308 e. The van der Waals surface area contributed by atoms with Gasteiger partial charge < -0.3 is 15.2 Å². The second-order valence-corrected chi connectivity index (χ2v) is 4.83. The topological polar surface area (TPSA) is 75.6 Å². The largest absolute Gasteiger partial charge is 0.481 e. The van der Waals surface area contributed by atoms with Crippen molar-refractivity contribution in [2.45, 2.75) is 39.2 Å². The zero-order valence-electron chi connectivity index (χ0n) is 10.4. The normalized spacial score (nSPS) is 21.5. The minimum absolute atomic E-state index is 0.00975. The summed E-state index contributed by atoms with van der Waals surface area (Å²) in [7, 11) is 0. The Bertz CT molecular complexity index is 272. The Morgan fingerprint density at radius 2 is 2.18 bits per heavy atom. The Morgan fingerprint density at radius 3 is 2.65 bits per heavy atom. The molecule has 2 unspecified atom stereocenters. The molecule has 1 aliphatic rings. The smallest absolute Gasteiger partial charge is 0.308 e. The van der Waals surface area contributed by atoms with Crippen molar-refractivity contribution in [2.24, 2.45) is 11.8 Å². The molecule has 5 heteroatoms. The maximum atomic E-state index is 11.6. The van der Waals surface area contributed by atoms with Gasteiger partial charge >= 0.3 is 5.97 Å². The first-order chi connectivity index (χ1) is 8.00. The molecule has 0 saturated carbocycles. The number of carbonyl (C=O) groups excluding carboxylic acids is 1. The van der Waals surface area contributed by atoms with Gasteiger partial charge in [0.15, 0.2) is 0 Å². The van der Waals surface area contributed by atoms with Gasteiger partial charge in [-0.05, 0) is 18.8 Å². The van der Waals surface area contributed by atoms with Crippen LogP contribution in [0, 0.1) is 11.8 Å². The van der Waals surface area contributed by atoms with E-state index >= 15 is 0 Å². The molecule has 1 rings (SSSR count). The van der Waals surface area contributed by atoms with Crippen LogP contribution in [-0.2, 0) is 14.3 Å². The highest BCUT2D eigenvalue weighted by molar-refractivity contribution is 5.77. The molecule has 1 amide bonds. The SMILES string of the molecule is CC(C)C(CNC(=O)CC1CCCO1)C(=O)O. The molecule has 0 bridgehead atoms. The predicted octanol–water partition coefficient (Wildman–Crippen LogP) is 1.03. The second-order valence-electron chi connectivity index (χ2n) is 4.83. The van der Waals surface area contributed by atoms with Crippen LogP contribution in [0.5, 0.6) is 0 Å². The van der Waals surface area contributed by atoms with Crippen molar-refractivity contribution < 1.29 is 19.4 Å². The molecule has 0 aromatic heterocycles. The third-order valence-corrected chi connectivity index (χ3v) is 3.08. The van der Waals surface area contributed by atoms with Gasteiger partial charge in [-0.3, -0.25) is 9.59 Å². The van der Waals surface area contributed by atoms with E-state index in [0.29, 0.717) is 6.42 Å². The molecule has 0 aromatic rings. The average Bonchev–Trinajstić information content (AvgIpc) is 2.69. The molecule has 1 heterocycles. The zero-order chi connectivity index (χ0) is 12.8. The van der Waals surface area contributed by atoms with Crippen molar-refractivity contribution in [3.63, 3.8) is 0 Å². The quantitative estimate of drug-likeness (QED) is 0.730. The highest BCUT2D eigenvalue weighted by Crippen LogP contribution is 2.15. The Kier molecular flexibility index (Phi) is 5.41. The van der Waals surface area contributed by atoms with E-state index < -0.39 is 11.9 Å². The molecule has 0 spiro atoms. The number of rotatable bonds is 6. The van der Waals surface area contributed by atoms with Gasteiger partial charge in [-0.15, -0.1) is 0 Å². The molecule has 2 atom stereocenters. The third-order valence-electron chi connectivity index (χ3n) is 3.08. The highest BCUT2D eigenvalue weighted by atomic mass is 16.5. The van der Waals surface area contributed by atoms with Crippen molar-refractivity contribution in [1.29, 1.82) is 0 Å². The first kappa shape index (κ1) is 14.0. The van der Waals surface area contributed by atoms with Crippen molar-refractivity contribution in [2.75, 3.05) is 13.2 Å². The van der Waals surface area contributed by atoms with Gasteiger partial charge in [-0.2, -0.15) is 0 Å². The first-order valence-corrected chi connectivity index (χ1v) is 6.11. The van der Waals surface area contributed by atoms with Crippen LogP contribution in [0.2, 0.25) is 0 Å². The van der Waals surface area contributed by atoms with Gasteiger partial charge in [-0.25, -0.2) is 0 Å². The Balaban J connectivity index is 2.28. The Labute approximate surface area is 102 Å². The number of hydrogen-bond donors (Lipinski definition) is 2. The van der Waals surface area contributed by atoms with Gasteiger partial charge in [0.2, 0.25) is 5.91 Å². The molecule has 98 valence electrons. The van der Waals surface area contributed by atoms with E-state index in [1.54, 1.807) is 0 Å². The number of hydrogen-bond acceptors (Lipinski definition) is 3. The van der Waals surface area contributed by atoms with Gasteiger partial charge in [0.25, 0.3) is 0 Å². The summed E-state index contributed by atoms with van der Waals surface area (Å²) in [6, 6.07) is 0. The van der Waals surface area contributed by atoms with E-state index in [-0.39, 0.29) is 24.5 Å². The van der Waals surface area contributed by atoms with E-state index in [0.717, 1.165) is 19.4 Å². The first-order valence-electron chi connectivity index (χ1n) is 6.11. The lowest BCUT2D eigenvalue weighted by Crippen LogP contribution is -2.36. The lowest BCUT2D eigenvalue weighted by Gasteiger charge is -2.17. The van der Waals surface area contributed by atoms with Crippen LogP contribution in [-0.4, -0.2) is 36.2 Å². The Hall–Kier alpha value is -1.10. The summed E-state index contributed by atoms with van der Waals surface area (Å²) >= 11 is 0. The monoisotopic (exact) mass is 243 g/mol. The lowest BCUT2D eigenvalue weighted by molar-refractivity contribution is -0.143. The molecular weight excluding hydrogens is 222 g/mol. The summed E-state index contributed by atoms with van der Waals surface area (Å²) in [6.45, 7) is 4.59. The number of carbonyl (C=O) groups is 2. The molecule has 2 N–H and O–H groups in total. The standard InChI is InChI=1S/C12H21NO4/c1-8(2)10(12(15)16)7-13-11(14)6-9-4-3-5-17-9/h8-10H,3-7H2,1-2H3,(H,13,14)(H,15,16). The van der Waals surface area contributed by atoms with E-state index in [1.165, 1.54) is 0 Å². The van der Waals surface area contributed by atoms with Crippen molar-refractivity contribution in [3.05, 3.63) is 0 Å². The number of aliphatic carboxylic acids is 1. The summed E-state index contributed by atoms with van der Waals surface area (Å²) in [5, 5.41) is 11.6. The van der Waals surface area contributed by atoms with Crippen molar-refractivity contribution in [3.8, 4) is 0 Å². The van der Waals surface area contributed by atoms with Crippen LogP contribution >= 0.6 is 0 Å². The van der Waals surface area contributed by atoms with Crippen LogP contribution in [0.3, 0.4) is 0 Å².